The first kappa shape index (κ1) is 12.8. The van der Waals surface area contributed by atoms with E-state index in [0.717, 1.165) is 18.5 Å². The standard InChI is InChI=1S/C16H19NO/c1-13-6-2-3-7-14(13)9-10-16(18)12-15-8-4-5-11-17-15/h2-8,11,16,18H,9-10,12H2,1H3. The molecule has 0 saturated heterocycles. The molecular formula is C16H19NO. The zero-order valence-corrected chi connectivity index (χ0v) is 10.7. The monoisotopic (exact) mass is 241 g/mol. The maximum Gasteiger partial charge on any atom is 0.0598 e. The average Bonchev–Trinajstić information content (AvgIpc) is 2.39. The first-order chi connectivity index (χ1) is 8.75. The number of aryl methyl sites for hydroxylation is 2. The molecule has 1 aromatic carbocycles. The van der Waals surface area contributed by atoms with Gasteiger partial charge in [-0.15, -0.1) is 0 Å². The number of benzene rings is 1. The van der Waals surface area contributed by atoms with Crippen LogP contribution in [0.5, 0.6) is 0 Å². The highest BCUT2D eigenvalue weighted by molar-refractivity contribution is 5.25. The van der Waals surface area contributed by atoms with E-state index in [9.17, 15) is 5.11 Å². The molecule has 2 rings (SSSR count). The molecule has 0 fully saturated rings. The van der Waals surface area contributed by atoms with Gasteiger partial charge in [-0.1, -0.05) is 30.3 Å². The van der Waals surface area contributed by atoms with Gasteiger partial charge in [-0.3, -0.25) is 4.98 Å². The average molecular weight is 241 g/mol. The topological polar surface area (TPSA) is 33.1 Å². The molecule has 0 spiro atoms. The van der Waals surface area contributed by atoms with E-state index in [2.05, 4.69) is 24.0 Å². The molecule has 1 atom stereocenters. The van der Waals surface area contributed by atoms with Crippen molar-refractivity contribution in [2.24, 2.45) is 0 Å². The van der Waals surface area contributed by atoms with Gasteiger partial charge in [0.1, 0.15) is 0 Å². The Morgan fingerprint density at radius 1 is 1.11 bits per heavy atom. The summed E-state index contributed by atoms with van der Waals surface area (Å²) in [5, 5.41) is 10.0. The molecule has 1 heterocycles. The number of aliphatic hydroxyl groups excluding tert-OH is 1. The smallest absolute Gasteiger partial charge is 0.0598 e. The van der Waals surface area contributed by atoms with Gasteiger partial charge in [0, 0.05) is 18.3 Å². The molecule has 0 saturated carbocycles. The van der Waals surface area contributed by atoms with E-state index in [1.165, 1.54) is 11.1 Å². The lowest BCUT2D eigenvalue weighted by Gasteiger charge is -2.11. The van der Waals surface area contributed by atoms with Crippen molar-refractivity contribution in [1.29, 1.82) is 0 Å². The molecule has 2 nitrogen and oxygen atoms in total. The van der Waals surface area contributed by atoms with Gasteiger partial charge in [0.2, 0.25) is 0 Å². The molecule has 0 bridgehead atoms. The molecule has 0 aliphatic rings. The van der Waals surface area contributed by atoms with Crippen LogP contribution < -0.4 is 0 Å². The van der Waals surface area contributed by atoms with Gasteiger partial charge in [0.25, 0.3) is 0 Å². The van der Waals surface area contributed by atoms with Crippen LogP contribution in [0.1, 0.15) is 23.2 Å². The van der Waals surface area contributed by atoms with Crippen molar-refractivity contribution in [3.8, 4) is 0 Å². The third kappa shape index (κ3) is 3.67. The van der Waals surface area contributed by atoms with E-state index >= 15 is 0 Å². The Hall–Kier alpha value is -1.67. The molecule has 0 aliphatic heterocycles. The largest absolute Gasteiger partial charge is 0.393 e. The summed E-state index contributed by atoms with van der Waals surface area (Å²) < 4.78 is 0. The molecule has 2 heteroatoms. The summed E-state index contributed by atoms with van der Waals surface area (Å²) in [6.07, 6.45) is 3.78. The normalized spacial score (nSPS) is 12.3. The van der Waals surface area contributed by atoms with Crippen LogP contribution in [-0.2, 0) is 12.8 Å². The van der Waals surface area contributed by atoms with Crippen LogP contribution in [0.2, 0.25) is 0 Å². The summed E-state index contributed by atoms with van der Waals surface area (Å²) in [5.74, 6) is 0. The van der Waals surface area contributed by atoms with Crippen LogP contribution in [0.4, 0.5) is 0 Å². The van der Waals surface area contributed by atoms with E-state index in [4.69, 9.17) is 0 Å². The minimum Gasteiger partial charge on any atom is -0.393 e. The second kappa shape index (κ2) is 6.31. The van der Waals surface area contributed by atoms with Gasteiger partial charge in [-0.2, -0.15) is 0 Å². The fourth-order valence-electron chi connectivity index (χ4n) is 2.08. The van der Waals surface area contributed by atoms with Crippen molar-refractivity contribution >= 4 is 0 Å². The summed E-state index contributed by atoms with van der Waals surface area (Å²) >= 11 is 0. The molecule has 2 aromatic rings. The predicted molar refractivity (Wildman–Crippen MR) is 73.4 cm³/mol. The Kier molecular flexibility index (Phi) is 4.48. The number of hydrogen-bond donors (Lipinski definition) is 1. The van der Waals surface area contributed by atoms with Crippen molar-refractivity contribution in [1.82, 2.24) is 4.98 Å². The lowest BCUT2D eigenvalue weighted by molar-refractivity contribution is 0.164. The highest BCUT2D eigenvalue weighted by atomic mass is 16.3. The third-order valence-corrected chi connectivity index (χ3v) is 3.18. The number of rotatable bonds is 5. The Bertz CT molecular complexity index is 481. The Morgan fingerprint density at radius 3 is 2.61 bits per heavy atom. The molecular weight excluding hydrogens is 222 g/mol. The van der Waals surface area contributed by atoms with Gasteiger partial charge in [0.15, 0.2) is 0 Å². The molecule has 1 unspecified atom stereocenters. The van der Waals surface area contributed by atoms with Crippen molar-refractivity contribution in [3.63, 3.8) is 0 Å². The highest BCUT2D eigenvalue weighted by Crippen LogP contribution is 2.12. The zero-order valence-electron chi connectivity index (χ0n) is 10.7. The van der Waals surface area contributed by atoms with Crippen LogP contribution in [0.3, 0.4) is 0 Å². The molecule has 94 valence electrons. The van der Waals surface area contributed by atoms with Crippen LogP contribution in [0, 0.1) is 6.92 Å². The van der Waals surface area contributed by atoms with Gasteiger partial charge < -0.3 is 5.11 Å². The molecule has 0 aliphatic carbocycles. The fraction of sp³-hybridized carbons (Fsp3) is 0.312. The van der Waals surface area contributed by atoms with Crippen LogP contribution in [0.25, 0.3) is 0 Å². The SMILES string of the molecule is Cc1ccccc1CCC(O)Cc1ccccn1. The number of nitrogens with zero attached hydrogens (tertiary/aromatic N) is 1. The summed E-state index contributed by atoms with van der Waals surface area (Å²) in [6.45, 7) is 2.11. The van der Waals surface area contributed by atoms with Gasteiger partial charge in [-0.25, -0.2) is 0 Å². The van der Waals surface area contributed by atoms with Crippen molar-refractivity contribution in [2.45, 2.75) is 32.3 Å². The van der Waals surface area contributed by atoms with Crippen LogP contribution in [0.15, 0.2) is 48.7 Å². The van der Waals surface area contributed by atoms with Crippen LogP contribution in [-0.4, -0.2) is 16.2 Å². The highest BCUT2D eigenvalue weighted by Gasteiger charge is 2.07. The van der Waals surface area contributed by atoms with Crippen LogP contribution >= 0.6 is 0 Å². The minimum absolute atomic E-state index is 0.320. The van der Waals surface area contributed by atoms with E-state index in [1.54, 1.807) is 6.20 Å². The van der Waals surface area contributed by atoms with E-state index in [0.29, 0.717) is 6.42 Å². The maximum absolute atomic E-state index is 10.0. The van der Waals surface area contributed by atoms with E-state index in [-0.39, 0.29) is 6.10 Å². The van der Waals surface area contributed by atoms with E-state index in [1.807, 2.05) is 30.3 Å². The molecule has 1 N–H and O–H groups in total. The lowest BCUT2D eigenvalue weighted by Crippen LogP contribution is -2.12. The number of pyridine rings is 1. The number of hydrogen-bond acceptors (Lipinski definition) is 2. The summed E-state index contributed by atoms with van der Waals surface area (Å²) in [4.78, 5) is 4.23. The van der Waals surface area contributed by atoms with Gasteiger partial charge in [-0.05, 0) is 43.0 Å². The first-order valence-corrected chi connectivity index (χ1v) is 6.38. The Morgan fingerprint density at radius 2 is 1.89 bits per heavy atom. The first-order valence-electron chi connectivity index (χ1n) is 6.38. The number of aliphatic hydroxyl groups is 1. The summed E-state index contributed by atoms with van der Waals surface area (Å²) in [5.41, 5.74) is 3.56. The zero-order chi connectivity index (χ0) is 12.8. The van der Waals surface area contributed by atoms with Crippen molar-refractivity contribution in [2.75, 3.05) is 0 Å². The predicted octanol–water partition coefficient (Wildman–Crippen LogP) is 2.93. The molecule has 18 heavy (non-hydrogen) atoms. The van der Waals surface area contributed by atoms with E-state index < -0.39 is 0 Å². The number of aromatic nitrogens is 1. The fourth-order valence-corrected chi connectivity index (χ4v) is 2.08. The molecule has 0 radical (unpaired) electrons. The maximum atomic E-state index is 10.0. The quantitative estimate of drug-likeness (QED) is 0.873. The van der Waals surface area contributed by atoms with Crippen molar-refractivity contribution in [3.05, 3.63) is 65.5 Å². The summed E-state index contributed by atoms with van der Waals surface area (Å²) in [6, 6.07) is 14.1. The third-order valence-electron chi connectivity index (χ3n) is 3.18. The van der Waals surface area contributed by atoms with Crippen molar-refractivity contribution < 1.29 is 5.11 Å². The Labute approximate surface area is 108 Å². The molecule has 0 amide bonds. The lowest BCUT2D eigenvalue weighted by atomic mass is 10.0. The Balaban J connectivity index is 1.86. The second-order valence-electron chi connectivity index (χ2n) is 4.64. The van der Waals surface area contributed by atoms with Gasteiger partial charge in [0.05, 0.1) is 6.10 Å². The second-order valence-corrected chi connectivity index (χ2v) is 4.64. The summed E-state index contributed by atoms with van der Waals surface area (Å²) in [7, 11) is 0. The van der Waals surface area contributed by atoms with Gasteiger partial charge >= 0.3 is 0 Å². The minimum atomic E-state index is -0.320. The molecule has 1 aromatic heterocycles.